The number of nitrogens with one attached hydrogen (secondary N) is 1. The van der Waals surface area contributed by atoms with E-state index in [-0.39, 0.29) is 0 Å². The van der Waals surface area contributed by atoms with Crippen LogP contribution in [0.15, 0.2) is 10.7 Å². The van der Waals surface area contributed by atoms with Crippen molar-refractivity contribution < 1.29 is 0 Å². The van der Waals surface area contributed by atoms with Crippen LogP contribution in [0, 0.1) is 0 Å². The lowest BCUT2D eigenvalue weighted by molar-refractivity contribution is 0.898. The summed E-state index contributed by atoms with van der Waals surface area (Å²) >= 11 is 3.32. The lowest BCUT2D eigenvalue weighted by Gasteiger charge is -1.90. The van der Waals surface area contributed by atoms with Gasteiger partial charge in [0.05, 0.1) is 16.4 Å². The van der Waals surface area contributed by atoms with E-state index < -0.39 is 0 Å². The highest BCUT2D eigenvalue weighted by Gasteiger charge is 1.97. The third-order valence-corrected chi connectivity index (χ3v) is 1.74. The van der Waals surface area contributed by atoms with Crippen molar-refractivity contribution in [3.63, 3.8) is 0 Å². The van der Waals surface area contributed by atoms with Gasteiger partial charge in [0.25, 0.3) is 0 Å². The van der Waals surface area contributed by atoms with Crippen LogP contribution in [0.5, 0.6) is 0 Å². The van der Waals surface area contributed by atoms with E-state index in [1.165, 1.54) is 0 Å². The second kappa shape index (κ2) is 2.98. The molecule has 0 amide bonds. The zero-order valence-corrected chi connectivity index (χ0v) is 6.48. The van der Waals surface area contributed by atoms with Crippen LogP contribution in [0.4, 0.5) is 0 Å². The Kier molecular flexibility index (Phi) is 2.24. The third-order valence-electron chi connectivity index (χ3n) is 1.06. The SMILES string of the molecule is NCCc1[nH]ncc1Br. The normalized spacial score (nSPS) is 10.0. The molecule has 0 saturated heterocycles. The summed E-state index contributed by atoms with van der Waals surface area (Å²) in [6.07, 6.45) is 2.57. The van der Waals surface area contributed by atoms with E-state index in [0.717, 1.165) is 16.6 Å². The van der Waals surface area contributed by atoms with Gasteiger partial charge in [0.2, 0.25) is 0 Å². The fourth-order valence-electron chi connectivity index (χ4n) is 0.618. The standard InChI is InChI=1S/C5H8BrN3/c6-4-3-8-9-5(4)1-2-7/h3H,1-2,7H2,(H,8,9). The number of hydrogen-bond donors (Lipinski definition) is 2. The molecule has 1 rings (SSSR count). The monoisotopic (exact) mass is 189 g/mol. The van der Waals surface area contributed by atoms with E-state index in [1.54, 1.807) is 6.20 Å². The zero-order valence-electron chi connectivity index (χ0n) is 4.89. The molecule has 0 aliphatic rings. The Hall–Kier alpha value is -0.350. The average Bonchev–Trinajstić information content (AvgIpc) is 2.18. The van der Waals surface area contributed by atoms with Crippen molar-refractivity contribution in [1.82, 2.24) is 10.2 Å². The van der Waals surface area contributed by atoms with Crippen molar-refractivity contribution >= 4 is 15.9 Å². The van der Waals surface area contributed by atoms with Gasteiger partial charge in [-0.1, -0.05) is 0 Å². The molecule has 1 heterocycles. The van der Waals surface area contributed by atoms with Gasteiger partial charge in [0.15, 0.2) is 0 Å². The third kappa shape index (κ3) is 1.53. The highest BCUT2D eigenvalue weighted by molar-refractivity contribution is 9.10. The zero-order chi connectivity index (χ0) is 6.69. The van der Waals surface area contributed by atoms with Gasteiger partial charge in [-0.3, -0.25) is 5.10 Å². The lowest BCUT2D eigenvalue weighted by atomic mass is 10.3. The summed E-state index contributed by atoms with van der Waals surface area (Å²) in [4.78, 5) is 0. The van der Waals surface area contributed by atoms with Crippen LogP contribution in [0.2, 0.25) is 0 Å². The minimum absolute atomic E-state index is 0.654. The van der Waals surface area contributed by atoms with Crippen LogP contribution < -0.4 is 5.73 Å². The summed E-state index contributed by atoms with van der Waals surface area (Å²) in [5.74, 6) is 0. The number of nitrogens with two attached hydrogens (primary N) is 1. The maximum absolute atomic E-state index is 5.32. The molecule has 0 atom stereocenters. The van der Waals surface area contributed by atoms with Crippen LogP contribution in [0.1, 0.15) is 5.69 Å². The molecule has 1 aromatic heterocycles. The van der Waals surface area contributed by atoms with E-state index in [2.05, 4.69) is 26.1 Å². The predicted octanol–water partition coefficient (Wildman–Crippen LogP) is 0.673. The second-order valence-electron chi connectivity index (χ2n) is 1.74. The van der Waals surface area contributed by atoms with E-state index in [9.17, 15) is 0 Å². The fourth-order valence-corrected chi connectivity index (χ4v) is 1.01. The molecule has 0 bridgehead atoms. The second-order valence-corrected chi connectivity index (χ2v) is 2.59. The number of hydrogen-bond acceptors (Lipinski definition) is 2. The molecule has 4 heteroatoms. The largest absolute Gasteiger partial charge is 0.330 e. The summed E-state index contributed by atoms with van der Waals surface area (Å²) < 4.78 is 1.01. The average molecular weight is 190 g/mol. The minimum atomic E-state index is 0.654. The predicted molar refractivity (Wildman–Crippen MR) is 39.0 cm³/mol. The van der Waals surface area contributed by atoms with Gasteiger partial charge in [-0.2, -0.15) is 5.10 Å². The first-order valence-corrected chi connectivity index (χ1v) is 3.51. The number of aromatic amines is 1. The first-order valence-electron chi connectivity index (χ1n) is 2.72. The van der Waals surface area contributed by atoms with Crippen molar-refractivity contribution in [1.29, 1.82) is 0 Å². The molecule has 3 nitrogen and oxygen atoms in total. The van der Waals surface area contributed by atoms with E-state index in [1.807, 2.05) is 0 Å². The van der Waals surface area contributed by atoms with Crippen molar-refractivity contribution in [3.8, 4) is 0 Å². The number of H-pyrrole nitrogens is 1. The Morgan fingerprint density at radius 1 is 1.78 bits per heavy atom. The van der Waals surface area contributed by atoms with Gasteiger partial charge in [0.1, 0.15) is 0 Å². The van der Waals surface area contributed by atoms with Crippen molar-refractivity contribution in [2.24, 2.45) is 5.73 Å². The van der Waals surface area contributed by atoms with E-state index in [4.69, 9.17) is 5.73 Å². The molecule has 1 aromatic rings. The Morgan fingerprint density at radius 2 is 2.56 bits per heavy atom. The Balaban J connectivity index is 2.69. The molecular weight excluding hydrogens is 182 g/mol. The first kappa shape index (κ1) is 6.77. The summed E-state index contributed by atoms with van der Waals surface area (Å²) in [6.45, 7) is 0.654. The first-order chi connectivity index (χ1) is 4.34. The summed E-state index contributed by atoms with van der Waals surface area (Å²) in [6, 6.07) is 0. The topological polar surface area (TPSA) is 54.7 Å². The molecule has 0 unspecified atom stereocenters. The maximum atomic E-state index is 5.32. The van der Waals surface area contributed by atoms with Crippen molar-refractivity contribution in [3.05, 3.63) is 16.4 Å². The summed E-state index contributed by atoms with van der Waals surface area (Å²) in [5.41, 5.74) is 6.39. The molecule has 9 heavy (non-hydrogen) atoms. The summed E-state index contributed by atoms with van der Waals surface area (Å²) in [7, 11) is 0. The fraction of sp³-hybridized carbons (Fsp3) is 0.400. The van der Waals surface area contributed by atoms with Gasteiger partial charge < -0.3 is 5.73 Å². The quantitative estimate of drug-likeness (QED) is 0.720. The van der Waals surface area contributed by atoms with E-state index >= 15 is 0 Å². The van der Waals surface area contributed by atoms with Crippen LogP contribution in [-0.2, 0) is 6.42 Å². The van der Waals surface area contributed by atoms with Crippen molar-refractivity contribution in [2.75, 3.05) is 6.54 Å². The summed E-state index contributed by atoms with van der Waals surface area (Å²) in [5, 5.41) is 6.64. The molecular formula is C5H8BrN3. The van der Waals surface area contributed by atoms with Crippen LogP contribution in [-0.4, -0.2) is 16.7 Å². The van der Waals surface area contributed by atoms with Crippen LogP contribution in [0.3, 0.4) is 0 Å². The number of halogens is 1. The molecule has 0 fully saturated rings. The lowest BCUT2D eigenvalue weighted by Crippen LogP contribution is -2.03. The van der Waals surface area contributed by atoms with Gasteiger partial charge in [-0.25, -0.2) is 0 Å². The van der Waals surface area contributed by atoms with Crippen molar-refractivity contribution in [2.45, 2.75) is 6.42 Å². The molecule has 0 aromatic carbocycles. The molecule has 0 aliphatic heterocycles. The van der Waals surface area contributed by atoms with Gasteiger partial charge in [-0.15, -0.1) is 0 Å². The molecule has 0 aliphatic carbocycles. The van der Waals surface area contributed by atoms with E-state index in [0.29, 0.717) is 6.54 Å². The van der Waals surface area contributed by atoms with Gasteiger partial charge in [0, 0.05) is 6.42 Å². The minimum Gasteiger partial charge on any atom is -0.330 e. The highest BCUT2D eigenvalue weighted by Crippen LogP contribution is 2.11. The molecule has 0 radical (unpaired) electrons. The van der Waals surface area contributed by atoms with Gasteiger partial charge >= 0.3 is 0 Å². The molecule has 3 N–H and O–H groups in total. The Labute approximate surface area is 61.8 Å². The highest BCUT2D eigenvalue weighted by atomic mass is 79.9. The number of rotatable bonds is 2. The van der Waals surface area contributed by atoms with Crippen LogP contribution >= 0.6 is 15.9 Å². The van der Waals surface area contributed by atoms with Gasteiger partial charge in [-0.05, 0) is 22.5 Å². The van der Waals surface area contributed by atoms with Crippen LogP contribution in [0.25, 0.3) is 0 Å². The molecule has 50 valence electrons. The smallest absolute Gasteiger partial charge is 0.0632 e. The molecule has 0 saturated carbocycles. The Bertz CT molecular complexity index is 184. The maximum Gasteiger partial charge on any atom is 0.0632 e. The molecule has 0 spiro atoms. The Morgan fingerprint density at radius 3 is 3.00 bits per heavy atom. The number of nitrogens with zero attached hydrogens (tertiary/aromatic N) is 1. The number of aromatic nitrogens is 2.